The van der Waals surface area contributed by atoms with Gasteiger partial charge in [0.1, 0.15) is 5.75 Å². The van der Waals surface area contributed by atoms with E-state index in [1.165, 1.54) is 25.0 Å². The molecule has 0 saturated carbocycles. The Morgan fingerprint density at radius 1 is 1.09 bits per heavy atom. The molecule has 0 aromatic heterocycles. The van der Waals surface area contributed by atoms with Crippen LogP contribution in [0.4, 0.5) is 5.69 Å². The van der Waals surface area contributed by atoms with Gasteiger partial charge in [-0.25, -0.2) is 4.79 Å². The van der Waals surface area contributed by atoms with Crippen molar-refractivity contribution in [3.8, 4) is 5.75 Å². The Balaban J connectivity index is 1.94. The molecule has 0 aliphatic carbocycles. The lowest BCUT2D eigenvalue weighted by Gasteiger charge is -2.21. The fourth-order valence-corrected chi connectivity index (χ4v) is 1.89. The van der Waals surface area contributed by atoms with Gasteiger partial charge in [0.25, 0.3) is 0 Å². The Bertz CT molecular complexity index is 630. The van der Waals surface area contributed by atoms with E-state index in [2.05, 4.69) is 36.5 Å². The van der Waals surface area contributed by atoms with E-state index in [1.807, 2.05) is 12.1 Å². The number of carboxylic acids is 1. The lowest BCUT2D eigenvalue weighted by Crippen LogP contribution is -2.37. The monoisotopic (exact) mass is 299 g/mol. The first kappa shape index (κ1) is 15.9. The van der Waals surface area contributed by atoms with Gasteiger partial charge in [-0.05, 0) is 50.6 Å². The lowest BCUT2D eigenvalue weighted by molar-refractivity contribution is -0.152. The Kier molecular flexibility index (Phi) is 4.71. The highest BCUT2D eigenvalue weighted by atomic mass is 16.5. The fourth-order valence-electron chi connectivity index (χ4n) is 1.89. The summed E-state index contributed by atoms with van der Waals surface area (Å²) in [5.41, 5.74) is 2.17. The molecule has 0 saturated heterocycles. The van der Waals surface area contributed by atoms with Crippen LogP contribution in [0.2, 0.25) is 0 Å². The summed E-state index contributed by atoms with van der Waals surface area (Å²) < 4.78 is 5.47. The Morgan fingerprint density at radius 3 is 2.23 bits per heavy atom. The maximum Gasteiger partial charge on any atom is 0.347 e. The van der Waals surface area contributed by atoms with Gasteiger partial charge in [-0.2, -0.15) is 0 Å². The molecular weight excluding hydrogens is 278 g/mol. The summed E-state index contributed by atoms with van der Waals surface area (Å²) in [6.07, 6.45) is 0. The molecule has 0 unspecified atom stereocenters. The van der Waals surface area contributed by atoms with Crippen LogP contribution < -0.4 is 10.1 Å². The number of aliphatic carboxylic acids is 1. The zero-order valence-electron chi connectivity index (χ0n) is 13.1. The predicted molar refractivity (Wildman–Crippen MR) is 87.3 cm³/mol. The molecule has 2 rings (SSSR count). The van der Waals surface area contributed by atoms with Crippen LogP contribution in [0, 0.1) is 6.92 Å². The average molecular weight is 299 g/mol. The first-order chi connectivity index (χ1) is 10.4. The Hall–Kier alpha value is -2.49. The number of ether oxygens (including phenoxy) is 1. The van der Waals surface area contributed by atoms with E-state index in [0.29, 0.717) is 5.75 Å². The van der Waals surface area contributed by atoms with E-state index in [-0.39, 0.29) is 0 Å². The topological polar surface area (TPSA) is 58.6 Å². The summed E-state index contributed by atoms with van der Waals surface area (Å²) in [6.45, 7) is 5.85. The van der Waals surface area contributed by atoms with Crippen molar-refractivity contribution < 1.29 is 14.6 Å². The molecule has 0 atom stereocenters. The van der Waals surface area contributed by atoms with Gasteiger partial charge in [0, 0.05) is 12.2 Å². The van der Waals surface area contributed by atoms with Crippen LogP contribution in [-0.4, -0.2) is 16.7 Å². The zero-order valence-corrected chi connectivity index (χ0v) is 13.1. The molecule has 2 N–H and O–H groups in total. The number of carbonyl (C=O) groups is 1. The van der Waals surface area contributed by atoms with Gasteiger partial charge in [-0.1, -0.05) is 29.8 Å². The minimum atomic E-state index is -1.24. The van der Waals surface area contributed by atoms with E-state index in [0.717, 1.165) is 12.2 Å². The van der Waals surface area contributed by atoms with Crippen LogP contribution in [0.25, 0.3) is 0 Å². The van der Waals surface area contributed by atoms with Gasteiger partial charge in [-0.15, -0.1) is 0 Å². The summed E-state index contributed by atoms with van der Waals surface area (Å²) in [4.78, 5) is 11.0. The molecule has 2 aromatic rings. The van der Waals surface area contributed by atoms with E-state index in [4.69, 9.17) is 9.84 Å². The van der Waals surface area contributed by atoms with Crippen molar-refractivity contribution >= 4 is 11.7 Å². The van der Waals surface area contributed by atoms with Crippen LogP contribution in [0.3, 0.4) is 0 Å². The molecule has 0 radical (unpaired) electrons. The number of hydrogen-bond acceptors (Lipinski definition) is 3. The second kappa shape index (κ2) is 6.52. The fraction of sp³-hybridized carbons (Fsp3) is 0.278. The minimum absolute atomic E-state index is 0.535. The summed E-state index contributed by atoms with van der Waals surface area (Å²) in [6, 6.07) is 15.6. The summed E-state index contributed by atoms with van der Waals surface area (Å²) in [5, 5.41) is 12.4. The third-order valence-corrected chi connectivity index (χ3v) is 3.36. The van der Waals surface area contributed by atoms with Crippen LogP contribution in [0.5, 0.6) is 5.75 Å². The number of rotatable bonds is 6. The number of hydrogen-bond donors (Lipinski definition) is 2. The normalized spacial score (nSPS) is 11.0. The lowest BCUT2D eigenvalue weighted by atomic mass is 10.1. The number of carboxylic acid groups (broad SMARTS) is 1. The standard InChI is InChI=1S/C18H21NO3/c1-13-4-6-14(7-5-13)12-19-15-8-10-16(11-9-15)22-18(2,3)17(20)21/h4-11,19H,12H2,1-3H3,(H,20,21). The Labute approximate surface area is 130 Å². The molecule has 0 aliphatic rings. The first-order valence-electron chi connectivity index (χ1n) is 7.19. The van der Waals surface area contributed by atoms with Crippen LogP contribution in [-0.2, 0) is 11.3 Å². The van der Waals surface area contributed by atoms with Gasteiger partial charge in [0.05, 0.1) is 0 Å². The minimum Gasteiger partial charge on any atom is -0.478 e. The summed E-state index contributed by atoms with van der Waals surface area (Å²) >= 11 is 0. The molecule has 116 valence electrons. The molecule has 0 heterocycles. The van der Waals surface area contributed by atoms with Crippen molar-refractivity contribution in [2.45, 2.75) is 32.9 Å². The highest BCUT2D eigenvalue weighted by molar-refractivity contribution is 5.76. The summed E-state index contributed by atoms with van der Waals surface area (Å²) in [5.74, 6) is -0.456. The number of benzene rings is 2. The van der Waals surface area contributed by atoms with Crippen molar-refractivity contribution in [2.75, 3.05) is 5.32 Å². The van der Waals surface area contributed by atoms with E-state index in [9.17, 15) is 4.79 Å². The van der Waals surface area contributed by atoms with Gasteiger partial charge in [0.2, 0.25) is 0 Å². The quantitative estimate of drug-likeness (QED) is 0.850. The number of nitrogens with one attached hydrogen (secondary N) is 1. The molecular formula is C18H21NO3. The molecule has 4 nitrogen and oxygen atoms in total. The van der Waals surface area contributed by atoms with Crippen molar-refractivity contribution in [1.29, 1.82) is 0 Å². The molecule has 4 heteroatoms. The van der Waals surface area contributed by atoms with Gasteiger partial charge in [-0.3, -0.25) is 0 Å². The van der Waals surface area contributed by atoms with Crippen molar-refractivity contribution in [3.05, 3.63) is 59.7 Å². The van der Waals surface area contributed by atoms with Gasteiger partial charge >= 0.3 is 5.97 Å². The second-order valence-electron chi connectivity index (χ2n) is 5.78. The SMILES string of the molecule is Cc1ccc(CNc2ccc(OC(C)(C)C(=O)O)cc2)cc1. The molecule has 0 bridgehead atoms. The van der Waals surface area contributed by atoms with Crippen molar-refractivity contribution in [3.63, 3.8) is 0 Å². The molecule has 0 spiro atoms. The van der Waals surface area contributed by atoms with Crippen LogP contribution in [0.1, 0.15) is 25.0 Å². The van der Waals surface area contributed by atoms with E-state index < -0.39 is 11.6 Å². The third-order valence-electron chi connectivity index (χ3n) is 3.36. The maximum absolute atomic E-state index is 11.0. The molecule has 2 aromatic carbocycles. The predicted octanol–water partition coefficient (Wildman–Crippen LogP) is 3.85. The van der Waals surface area contributed by atoms with Gasteiger partial charge in [0.15, 0.2) is 5.60 Å². The highest BCUT2D eigenvalue weighted by Gasteiger charge is 2.29. The van der Waals surface area contributed by atoms with E-state index in [1.54, 1.807) is 12.1 Å². The van der Waals surface area contributed by atoms with Crippen LogP contribution in [0.15, 0.2) is 48.5 Å². The molecule has 22 heavy (non-hydrogen) atoms. The second-order valence-corrected chi connectivity index (χ2v) is 5.78. The molecule has 0 aliphatic heterocycles. The highest BCUT2D eigenvalue weighted by Crippen LogP contribution is 2.21. The number of anilines is 1. The van der Waals surface area contributed by atoms with E-state index >= 15 is 0 Å². The molecule has 0 fully saturated rings. The van der Waals surface area contributed by atoms with Crippen molar-refractivity contribution in [1.82, 2.24) is 0 Å². The maximum atomic E-state index is 11.0. The zero-order chi connectivity index (χ0) is 16.2. The summed E-state index contributed by atoms with van der Waals surface area (Å²) in [7, 11) is 0. The number of aryl methyl sites for hydroxylation is 1. The Morgan fingerprint density at radius 2 is 1.68 bits per heavy atom. The van der Waals surface area contributed by atoms with Gasteiger partial charge < -0.3 is 15.2 Å². The molecule has 0 amide bonds. The largest absolute Gasteiger partial charge is 0.478 e. The van der Waals surface area contributed by atoms with Crippen LogP contribution >= 0.6 is 0 Å². The third kappa shape index (κ3) is 4.25. The van der Waals surface area contributed by atoms with Crippen molar-refractivity contribution in [2.24, 2.45) is 0 Å². The smallest absolute Gasteiger partial charge is 0.347 e. The first-order valence-corrected chi connectivity index (χ1v) is 7.19. The average Bonchev–Trinajstić information content (AvgIpc) is 2.48.